The maximum atomic E-state index is 13.9. The van der Waals surface area contributed by atoms with Crippen molar-refractivity contribution in [2.24, 2.45) is 0 Å². The fraction of sp³-hybridized carbons (Fsp3) is 0.375. The van der Waals surface area contributed by atoms with E-state index >= 15 is 0 Å². The van der Waals surface area contributed by atoms with Crippen molar-refractivity contribution < 1.29 is 9.18 Å². The van der Waals surface area contributed by atoms with Crippen LogP contribution in [0.4, 0.5) is 10.1 Å². The normalized spacial score (nSPS) is 18.5. The number of carbonyl (C=O) groups excluding carboxylic acids is 1. The van der Waals surface area contributed by atoms with Gasteiger partial charge in [-0.1, -0.05) is 12.1 Å². The zero-order valence-corrected chi connectivity index (χ0v) is 13.4. The molecule has 3 rings (SSSR count). The van der Waals surface area contributed by atoms with E-state index in [0.717, 1.165) is 5.69 Å². The van der Waals surface area contributed by atoms with Crippen molar-refractivity contribution in [3.63, 3.8) is 0 Å². The summed E-state index contributed by atoms with van der Waals surface area (Å²) in [6.07, 6.45) is 0.710. The number of hydrogen-bond acceptors (Lipinski definition) is 4. The second-order valence-electron chi connectivity index (χ2n) is 5.52. The highest BCUT2D eigenvalue weighted by Gasteiger charge is 2.36. The van der Waals surface area contributed by atoms with Gasteiger partial charge in [-0.15, -0.1) is 11.3 Å². The van der Waals surface area contributed by atoms with E-state index in [1.54, 1.807) is 34.4 Å². The minimum absolute atomic E-state index is 0.0326. The number of nitrogens with zero attached hydrogens (tertiary/aromatic N) is 3. The molecule has 0 saturated carbocycles. The van der Waals surface area contributed by atoms with E-state index in [9.17, 15) is 9.18 Å². The third-order valence-corrected chi connectivity index (χ3v) is 5.01. The predicted molar refractivity (Wildman–Crippen MR) is 85.5 cm³/mol. The molecule has 1 saturated heterocycles. The van der Waals surface area contributed by atoms with E-state index in [4.69, 9.17) is 0 Å². The first-order chi connectivity index (χ1) is 10.6. The lowest BCUT2D eigenvalue weighted by Gasteiger charge is -2.23. The molecule has 2 heterocycles. The third-order valence-electron chi connectivity index (χ3n) is 4.09. The molecule has 0 aliphatic carbocycles. The average Bonchev–Trinajstić information content (AvgIpc) is 3.06. The third kappa shape index (κ3) is 2.76. The second kappa shape index (κ2) is 6.14. The summed E-state index contributed by atoms with van der Waals surface area (Å²) in [5.41, 5.74) is 3.20. The number of para-hydroxylation sites is 1. The van der Waals surface area contributed by atoms with Crippen LogP contribution in [0.2, 0.25) is 0 Å². The Bertz CT molecular complexity index is 688. The first kappa shape index (κ1) is 15.1. The molecule has 0 N–H and O–H groups in total. The van der Waals surface area contributed by atoms with Crippen LogP contribution in [0.5, 0.6) is 0 Å². The lowest BCUT2D eigenvalue weighted by Crippen LogP contribution is -2.39. The SMILES string of the molecule is Cc1ncsc1CN(C)[C@H]1CCN(c2ccccc2F)C1=O. The zero-order valence-electron chi connectivity index (χ0n) is 12.6. The molecule has 4 nitrogen and oxygen atoms in total. The minimum Gasteiger partial charge on any atom is -0.308 e. The molecule has 1 atom stereocenters. The average molecular weight is 319 g/mol. The number of rotatable bonds is 4. The van der Waals surface area contributed by atoms with Crippen LogP contribution in [0.3, 0.4) is 0 Å². The van der Waals surface area contributed by atoms with Gasteiger partial charge in [-0.3, -0.25) is 9.69 Å². The lowest BCUT2D eigenvalue weighted by molar-refractivity contribution is -0.121. The van der Waals surface area contributed by atoms with Gasteiger partial charge in [0.05, 0.1) is 22.9 Å². The van der Waals surface area contributed by atoms with Gasteiger partial charge in [0.15, 0.2) is 0 Å². The zero-order chi connectivity index (χ0) is 15.7. The quantitative estimate of drug-likeness (QED) is 0.869. The number of likely N-dealkylation sites (N-methyl/N-ethyl adjacent to an activating group) is 1. The number of amides is 1. The van der Waals surface area contributed by atoms with Crippen LogP contribution >= 0.6 is 11.3 Å². The van der Waals surface area contributed by atoms with Gasteiger partial charge in [-0.2, -0.15) is 0 Å². The van der Waals surface area contributed by atoms with Crippen LogP contribution in [0.1, 0.15) is 17.0 Å². The van der Waals surface area contributed by atoms with Gasteiger partial charge in [-0.25, -0.2) is 9.37 Å². The molecule has 116 valence electrons. The topological polar surface area (TPSA) is 36.4 Å². The molecular weight excluding hydrogens is 301 g/mol. The molecular formula is C16H18FN3OS. The lowest BCUT2D eigenvalue weighted by atomic mass is 10.2. The van der Waals surface area contributed by atoms with Gasteiger partial charge < -0.3 is 4.90 Å². The molecule has 2 aromatic rings. The molecule has 1 aliphatic heterocycles. The Hall–Kier alpha value is -1.79. The van der Waals surface area contributed by atoms with Crippen LogP contribution in [0.25, 0.3) is 0 Å². The van der Waals surface area contributed by atoms with E-state index in [-0.39, 0.29) is 17.8 Å². The molecule has 22 heavy (non-hydrogen) atoms. The van der Waals surface area contributed by atoms with Gasteiger partial charge in [0, 0.05) is 18.0 Å². The molecule has 0 bridgehead atoms. The molecule has 1 aromatic heterocycles. The highest BCUT2D eigenvalue weighted by Crippen LogP contribution is 2.27. The molecule has 1 aliphatic rings. The summed E-state index contributed by atoms with van der Waals surface area (Å²) in [6, 6.07) is 6.23. The number of halogens is 1. The Kier molecular flexibility index (Phi) is 4.22. The molecule has 1 fully saturated rings. The van der Waals surface area contributed by atoms with Crippen LogP contribution in [0.15, 0.2) is 29.8 Å². The molecule has 0 radical (unpaired) electrons. The Morgan fingerprint density at radius 3 is 2.91 bits per heavy atom. The van der Waals surface area contributed by atoms with Gasteiger partial charge in [-0.05, 0) is 32.5 Å². The van der Waals surface area contributed by atoms with Gasteiger partial charge in [0.1, 0.15) is 5.82 Å². The monoisotopic (exact) mass is 319 g/mol. The van der Waals surface area contributed by atoms with Crippen LogP contribution in [-0.4, -0.2) is 35.4 Å². The van der Waals surface area contributed by atoms with E-state index in [0.29, 0.717) is 25.2 Å². The summed E-state index contributed by atoms with van der Waals surface area (Å²) in [5, 5.41) is 0. The largest absolute Gasteiger partial charge is 0.308 e. The number of hydrogen-bond donors (Lipinski definition) is 0. The number of anilines is 1. The first-order valence-electron chi connectivity index (χ1n) is 7.23. The number of aromatic nitrogens is 1. The van der Waals surface area contributed by atoms with Crippen molar-refractivity contribution in [2.75, 3.05) is 18.5 Å². The summed E-state index contributed by atoms with van der Waals surface area (Å²) >= 11 is 1.60. The number of thiazole rings is 1. The Morgan fingerprint density at radius 2 is 2.23 bits per heavy atom. The number of benzene rings is 1. The van der Waals surface area contributed by atoms with Gasteiger partial charge >= 0.3 is 0 Å². The highest BCUT2D eigenvalue weighted by molar-refractivity contribution is 7.09. The molecule has 0 unspecified atom stereocenters. The van der Waals surface area contributed by atoms with E-state index < -0.39 is 0 Å². The van der Waals surface area contributed by atoms with Gasteiger partial charge in [0.2, 0.25) is 5.91 Å². The van der Waals surface area contributed by atoms with Crippen molar-refractivity contribution in [1.82, 2.24) is 9.88 Å². The predicted octanol–water partition coefficient (Wildman–Crippen LogP) is 2.83. The van der Waals surface area contributed by atoms with Crippen LogP contribution in [0, 0.1) is 12.7 Å². The maximum absolute atomic E-state index is 13.9. The van der Waals surface area contributed by atoms with Gasteiger partial charge in [0.25, 0.3) is 0 Å². The minimum atomic E-state index is -0.350. The fourth-order valence-corrected chi connectivity index (χ4v) is 3.64. The summed E-state index contributed by atoms with van der Waals surface area (Å²) in [4.78, 5) is 21.6. The van der Waals surface area contributed by atoms with Crippen molar-refractivity contribution in [2.45, 2.75) is 25.9 Å². The van der Waals surface area contributed by atoms with E-state index in [1.165, 1.54) is 10.9 Å². The Labute approximate surface area is 133 Å². The number of aryl methyl sites for hydroxylation is 1. The maximum Gasteiger partial charge on any atom is 0.244 e. The Morgan fingerprint density at radius 1 is 1.45 bits per heavy atom. The van der Waals surface area contributed by atoms with E-state index in [1.807, 2.05) is 24.4 Å². The second-order valence-corrected chi connectivity index (χ2v) is 6.46. The smallest absolute Gasteiger partial charge is 0.244 e. The van der Waals surface area contributed by atoms with Crippen molar-refractivity contribution in [1.29, 1.82) is 0 Å². The van der Waals surface area contributed by atoms with Crippen LogP contribution < -0.4 is 4.90 Å². The van der Waals surface area contributed by atoms with E-state index in [2.05, 4.69) is 4.98 Å². The molecule has 1 amide bonds. The number of carbonyl (C=O) groups is 1. The van der Waals surface area contributed by atoms with Crippen molar-refractivity contribution >= 4 is 22.9 Å². The van der Waals surface area contributed by atoms with Crippen molar-refractivity contribution in [3.8, 4) is 0 Å². The summed E-state index contributed by atoms with van der Waals surface area (Å²) < 4.78 is 13.9. The standard InChI is InChI=1S/C16H18FN3OS/c1-11-15(22-10-18-11)9-19(2)14-7-8-20(16(14)21)13-6-4-3-5-12(13)17/h3-6,10,14H,7-9H2,1-2H3/t14-/m0/s1. The summed E-state index contributed by atoms with van der Waals surface area (Å²) in [5.74, 6) is -0.382. The first-order valence-corrected chi connectivity index (χ1v) is 8.11. The van der Waals surface area contributed by atoms with Crippen LogP contribution in [-0.2, 0) is 11.3 Å². The van der Waals surface area contributed by atoms with Crippen molar-refractivity contribution in [3.05, 3.63) is 46.2 Å². The Balaban J connectivity index is 1.73. The molecule has 0 spiro atoms. The summed E-state index contributed by atoms with van der Waals surface area (Å²) in [7, 11) is 1.94. The summed E-state index contributed by atoms with van der Waals surface area (Å²) in [6.45, 7) is 3.22. The molecule has 1 aromatic carbocycles. The molecule has 6 heteroatoms. The fourth-order valence-electron chi connectivity index (χ4n) is 2.80. The highest BCUT2D eigenvalue weighted by atomic mass is 32.1.